The van der Waals surface area contributed by atoms with Gasteiger partial charge in [-0.3, -0.25) is 0 Å². The highest BCUT2D eigenvalue weighted by Gasteiger charge is 2.12. The fraction of sp³-hybridized carbons (Fsp3) is 0.250. The molecule has 0 unspecified atom stereocenters. The van der Waals surface area contributed by atoms with Crippen LogP contribution < -0.4 is 10.5 Å². The molecule has 1 aromatic carbocycles. The van der Waals surface area contributed by atoms with Crippen LogP contribution >= 0.6 is 0 Å². The van der Waals surface area contributed by atoms with Gasteiger partial charge < -0.3 is 15.0 Å². The summed E-state index contributed by atoms with van der Waals surface area (Å²) in [5.41, 5.74) is 8.80. The van der Waals surface area contributed by atoms with Gasteiger partial charge in [-0.05, 0) is 19.1 Å². The Morgan fingerprint density at radius 2 is 2.12 bits per heavy atom. The van der Waals surface area contributed by atoms with Crippen molar-refractivity contribution in [2.75, 3.05) is 12.8 Å². The van der Waals surface area contributed by atoms with E-state index in [1.165, 1.54) is 0 Å². The Bertz CT molecular complexity index is 517. The van der Waals surface area contributed by atoms with Crippen LogP contribution in [-0.2, 0) is 7.05 Å². The van der Waals surface area contributed by atoms with Crippen LogP contribution in [0.3, 0.4) is 0 Å². The molecule has 0 saturated heterocycles. The lowest BCUT2D eigenvalue weighted by atomic mass is 10.1. The van der Waals surface area contributed by atoms with Crippen molar-refractivity contribution in [3.63, 3.8) is 0 Å². The maximum atomic E-state index is 5.95. The van der Waals surface area contributed by atoms with Crippen molar-refractivity contribution >= 4 is 5.82 Å². The van der Waals surface area contributed by atoms with E-state index in [4.69, 9.17) is 10.5 Å². The molecule has 0 atom stereocenters. The first-order valence-corrected chi connectivity index (χ1v) is 5.05. The number of benzene rings is 1. The first-order valence-electron chi connectivity index (χ1n) is 5.05. The van der Waals surface area contributed by atoms with Crippen molar-refractivity contribution in [2.45, 2.75) is 6.92 Å². The van der Waals surface area contributed by atoms with Crippen molar-refractivity contribution < 1.29 is 4.74 Å². The molecule has 4 nitrogen and oxygen atoms in total. The van der Waals surface area contributed by atoms with Gasteiger partial charge in [-0.1, -0.05) is 11.6 Å². The van der Waals surface area contributed by atoms with E-state index >= 15 is 0 Å². The number of aryl methyl sites for hydroxylation is 2. The predicted molar refractivity (Wildman–Crippen MR) is 64.3 cm³/mol. The van der Waals surface area contributed by atoms with Crippen molar-refractivity contribution in [3.05, 3.63) is 30.1 Å². The van der Waals surface area contributed by atoms with Crippen LogP contribution in [0.1, 0.15) is 5.56 Å². The fourth-order valence-electron chi connectivity index (χ4n) is 1.65. The summed E-state index contributed by atoms with van der Waals surface area (Å²) in [4.78, 5) is 4.29. The summed E-state index contributed by atoms with van der Waals surface area (Å²) in [7, 11) is 3.52. The minimum absolute atomic E-state index is 0.643. The molecule has 1 heterocycles. The summed E-state index contributed by atoms with van der Waals surface area (Å²) >= 11 is 0. The second-order valence-corrected chi connectivity index (χ2v) is 3.79. The van der Waals surface area contributed by atoms with Crippen LogP contribution in [-0.4, -0.2) is 16.7 Å². The zero-order chi connectivity index (χ0) is 11.7. The summed E-state index contributed by atoms with van der Waals surface area (Å²) in [6.45, 7) is 2.03. The van der Waals surface area contributed by atoms with E-state index < -0.39 is 0 Å². The van der Waals surface area contributed by atoms with Gasteiger partial charge in [-0.15, -0.1) is 0 Å². The van der Waals surface area contributed by atoms with Gasteiger partial charge in [-0.25, -0.2) is 4.98 Å². The molecule has 0 aliphatic heterocycles. The molecule has 0 spiro atoms. The Hall–Kier alpha value is -1.97. The standard InChI is InChI=1S/C12H15N3O/c1-8-4-5-10(16-3)9(6-8)11-12(13)15(2)7-14-11/h4-7H,13H2,1-3H3. The third kappa shape index (κ3) is 1.62. The summed E-state index contributed by atoms with van der Waals surface area (Å²) in [5, 5.41) is 0. The number of nitrogens with zero attached hydrogens (tertiary/aromatic N) is 2. The number of hydrogen-bond acceptors (Lipinski definition) is 3. The third-order valence-corrected chi connectivity index (χ3v) is 2.59. The molecule has 2 aromatic rings. The molecule has 0 radical (unpaired) electrons. The van der Waals surface area contributed by atoms with Gasteiger partial charge in [-0.2, -0.15) is 0 Å². The summed E-state index contributed by atoms with van der Waals surface area (Å²) < 4.78 is 7.10. The number of imidazole rings is 1. The molecule has 1 aromatic heterocycles. The zero-order valence-corrected chi connectivity index (χ0v) is 9.69. The van der Waals surface area contributed by atoms with Gasteiger partial charge in [0.15, 0.2) is 0 Å². The van der Waals surface area contributed by atoms with Gasteiger partial charge in [0.25, 0.3) is 0 Å². The minimum atomic E-state index is 0.643. The molecule has 0 amide bonds. The van der Waals surface area contributed by atoms with E-state index in [9.17, 15) is 0 Å². The number of rotatable bonds is 2. The minimum Gasteiger partial charge on any atom is -0.496 e. The molecule has 0 bridgehead atoms. The number of ether oxygens (including phenoxy) is 1. The second-order valence-electron chi connectivity index (χ2n) is 3.79. The fourth-order valence-corrected chi connectivity index (χ4v) is 1.65. The molecular formula is C12H15N3O. The number of nitrogen functional groups attached to an aromatic ring is 1. The Morgan fingerprint density at radius 3 is 2.69 bits per heavy atom. The summed E-state index contributed by atoms with van der Waals surface area (Å²) in [6, 6.07) is 5.96. The molecule has 0 aliphatic carbocycles. The third-order valence-electron chi connectivity index (χ3n) is 2.59. The molecule has 84 valence electrons. The van der Waals surface area contributed by atoms with Crippen LogP contribution in [0.15, 0.2) is 24.5 Å². The van der Waals surface area contributed by atoms with E-state index in [2.05, 4.69) is 4.98 Å². The zero-order valence-electron chi connectivity index (χ0n) is 9.69. The average Bonchev–Trinajstić information content (AvgIpc) is 2.60. The highest BCUT2D eigenvalue weighted by molar-refractivity contribution is 5.76. The highest BCUT2D eigenvalue weighted by Crippen LogP contribution is 2.32. The van der Waals surface area contributed by atoms with Crippen LogP contribution in [0.2, 0.25) is 0 Å². The van der Waals surface area contributed by atoms with Crippen LogP contribution in [0, 0.1) is 6.92 Å². The van der Waals surface area contributed by atoms with Gasteiger partial charge >= 0.3 is 0 Å². The Balaban J connectivity index is 2.62. The molecule has 2 N–H and O–H groups in total. The van der Waals surface area contributed by atoms with E-state index in [1.54, 1.807) is 18.0 Å². The Morgan fingerprint density at radius 1 is 1.38 bits per heavy atom. The first kappa shape index (κ1) is 10.5. The molecule has 16 heavy (non-hydrogen) atoms. The van der Waals surface area contributed by atoms with Crippen LogP contribution in [0.25, 0.3) is 11.3 Å². The molecule has 0 aliphatic rings. The van der Waals surface area contributed by atoms with E-state index in [0.717, 1.165) is 22.6 Å². The smallest absolute Gasteiger partial charge is 0.131 e. The predicted octanol–water partition coefficient (Wildman–Crippen LogP) is 1.99. The van der Waals surface area contributed by atoms with Gasteiger partial charge in [0.05, 0.1) is 13.4 Å². The number of hydrogen-bond donors (Lipinski definition) is 1. The number of anilines is 1. The van der Waals surface area contributed by atoms with Crippen molar-refractivity contribution in [2.24, 2.45) is 7.05 Å². The maximum absolute atomic E-state index is 5.95. The van der Waals surface area contributed by atoms with Gasteiger partial charge in [0, 0.05) is 12.6 Å². The van der Waals surface area contributed by atoms with E-state index in [0.29, 0.717) is 5.82 Å². The largest absolute Gasteiger partial charge is 0.496 e. The van der Waals surface area contributed by atoms with E-state index in [-0.39, 0.29) is 0 Å². The van der Waals surface area contributed by atoms with Crippen molar-refractivity contribution in [1.29, 1.82) is 0 Å². The average molecular weight is 217 g/mol. The lowest BCUT2D eigenvalue weighted by Crippen LogP contribution is -1.97. The van der Waals surface area contributed by atoms with Crippen LogP contribution in [0.4, 0.5) is 5.82 Å². The quantitative estimate of drug-likeness (QED) is 0.836. The van der Waals surface area contributed by atoms with Gasteiger partial charge in [0.1, 0.15) is 17.3 Å². The van der Waals surface area contributed by atoms with Crippen LogP contribution in [0.5, 0.6) is 5.75 Å². The Labute approximate surface area is 94.7 Å². The molecule has 2 rings (SSSR count). The van der Waals surface area contributed by atoms with E-state index in [1.807, 2.05) is 32.2 Å². The summed E-state index contributed by atoms with van der Waals surface area (Å²) in [6.07, 6.45) is 1.70. The first-order chi connectivity index (χ1) is 7.63. The van der Waals surface area contributed by atoms with Crippen molar-refractivity contribution in [3.8, 4) is 17.0 Å². The summed E-state index contributed by atoms with van der Waals surface area (Å²) in [5.74, 6) is 1.43. The molecule has 0 saturated carbocycles. The number of aromatic nitrogens is 2. The van der Waals surface area contributed by atoms with Gasteiger partial charge in [0.2, 0.25) is 0 Å². The maximum Gasteiger partial charge on any atom is 0.131 e. The van der Waals surface area contributed by atoms with Crippen molar-refractivity contribution in [1.82, 2.24) is 9.55 Å². The number of methoxy groups -OCH3 is 1. The second kappa shape index (κ2) is 3.89. The highest BCUT2D eigenvalue weighted by atomic mass is 16.5. The molecule has 0 fully saturated rings. The number of nitrogens with two attached hydrogens (primary N) is 1. The Kier molecular flexibility index (Phi) is 2.56. The normalized spacial score (nSPS) is 10.4. The molecule has 4 heteroatoms. The lowest BCUT2D eigenvalue weighted by Gasteiger charge is -2.08. The SMILES string of the molecule is COc1ccc(C)cc1-c1ncn(C)c1N. The molecular weight excluding hydrogens is 202 g/mol. The monoisotopic (exact) mass is 217 g/mol. The topological polar surface area (TPSA) is 53.1 Å². The lowest BCUT2D eigenvalue weighted by molar-refractivity contribution is 0.416.